The first kappa shape index (κ1) is 14.2. The second kappa shape index (κ2) is 5.64. The van der Waals surface area contributed by atoms with Gasteiger partial charge in [0.05, 0.1) is 5.75 Å². The van der Waals surface area contributed by atoms with Gasteiger partial charge in [0.25, 0.3) is 0 Å². The molecule has 7 heteroatoms. The summed E-state index contributed by atoms with van der Waals surface area (Å²) in [5, 5.41) is 0. The number of anilines is 1. The molecule has 1 N–H and O–H groups in total. The molecule has 0 heterocycles. The maximum absolute atomic E-state index is 13.2. The Labute approximate surface area is 104 Å². The Morgan fingerprint density at radius 2 is 1.88 bits per heavy atom. The van der Waals surface area contributed by atoms with E-state index in [1.165, 1.54) is 0 Å². The third-order valence-electron chi connectivity index (χ3n) is 1.99. The Kier molecular flexibility index (Phi) is 4.70. The molecule has 0 aliphatic heterocycles. The van der Waals surface area contributed by atoms with Crippen LogP contribution in [0.5, 0.6) is 0 Å². The van der Waals surface area contributed by atoms with Crippen molar-refractivity contribution >= 4 is 27.3 Å². The maximum Gasteiger partial charge on any atom is 0.233 e. The van der Waals surface area contributed by atoms with Gasteiger partial charge in [-0.1, -0.05) is 13.0 Å². The molecule has 0 radical (unpaired) electrons. The number of nitrogens with one attached hydrogen (secondary N) is 1. The minimum Gasteiger partial charge on any atom is -0.278 e. The second-order valence-electron chi connectivity index (χ2n) is 3.74. The van der Waals surface area contributed by atoms with Gasteiger partial charge in [-0.05, 0) is 18.1 Å². The number of benzene rings is 1. The first-order valence-corrected chi connectivity index (χ1v) is 7.05. The Morgan fingerprint density at radius 1 is 1.35 bits per heavy atom. The molecule has 3 nitrogen and oxygen atoms in total. The molecule has 0 saturated carbocycles. The minimum atomic E-state index is -3.81. The molecule has 0 amide bonds. The summed E-state index contributed by atoms with van der Waals surface area (Å²) in [6.45, 7) is 1.63. The molecule has 1 rings (SSSR count). The standard InChI is InChI=1S/C10H12ClF2NO2S/c1-7(5-11)6-17(15,16)14-10-8(12)3-2-4-9(10)13/h2-4,7,14H,5-6H2,1H3. The molecule has 1 atom stereocenters. The minimum absolute atomic E-state index is 0.153. The molecule has 0 aliphatic carbocycles. The lowest BCUT2D eigenvalue weighted by Crippen LogP contribution is -2.23. The van der Waals surface area contributed by atoms with Crippen LogP contribution in [0.25, 0.3) is 0 Å². The first-order valence-electron chi connectivity index (χ1n) is 4.86. The molecule has 17 heavy (non-hydrogen) atoms. The first-order chi connectivity index (χ1) is 7.85. The summed E-state index contributed by atoms with van der Waals surface area (Å²) in [5.41, 5.74) is -0.658. The maximum atomic E-state index is 13.2. The predicted octanol–water partition coefficient (Wildman–Crippen LogP) is 2.58. The largest absolute Gasteiger partial charge is 0.278 e. The number of para-hydroxylation sites is 1. The molecule has 0 spiro atoms. The van der Waals surface area contributed by atoms with E-state index in [1.54, 1.807) is 6.92 Å². The van der Waals surface area contributed by atoms with Gasteiger partial charge in [0.1, 0.15) is 17.3 Å². The van der Waals surface area contributed by atoms with Crippen molar-refractivity contribution in [1.82, 2.24) is 0 Å². The van der Waals surface area contributed by atoms with Crippen molar-refractivity contribution < 1.29 is 17.2 Å². The number of alkyl halides is 1. The van der Waals surface area contributed by atoms with E-state index in [-0.39, 0.29) is 17.6 Å². The zero-order chi connectivity index (χ0) is 13.1. The van der Waals surface area contributed by atoms with Crippen LogP contribution in [0.1, 0.15) is 6.92 Å². The SMILES string of the molecule is CC(CCl)CS(=O)(=O)Nc1c(F)cccc1F. The summed E-state index contributed by atoms with van der Waals surface area (Å²) < 4.78 is 51.4. The van der Waals surface area contributed by atoms with Crippen LogP contribution in [-0.2, 0) is 10.0 Å². The van der Waals surface area contributed by atoms with E-state index in [9.17, 15) is 17.2 Å². The number of halogens is 3. The zero-order valence-corrected chi connectivity index (χ0v) is 10.7. The van der Waals surface area contributed by atoms with Gasteiger partial charge in [-0.3, -0.25) is 4.72 Å². The van der Waals surface area contributed by atoms with Crippen molar-refractivity contribution in [3.8, 4) is 0 Å². The van der Waals surface area contributed by atoms with Crippen molar-refractivity contribution in [2.45, 2.75) is 6.92 Å². The number of rotatable bonds is 5. The average molecular weight is 284 g/mol. The van der Waals surface area contributed by atoms with Crippen molar-refractivity contribution in [1.29, 1.82) is 0 Å². The fraction of sp³-hybridized carbons (Fsp3) is 0.400. The van der Waals surface area contributed by atoms with Crippen LogP contribution in [0.3, 0.4) is 0 Å². The fourth-order valence-electron chi connectivity index (χ4n) is 1.21. The van der Waals surface area contributed by atoms with Crippen LogP contribution in [-0.4, -0.2) is 20.1 Å². The van der Waals surface area contributed by atoms with Gasteiger partial charge in [0.2, 0.25) is 10.0 Å². The molecule has 1 unspecified atom stereocenters. The Hall–Kier alpha value is -0.880. The van der Waals surface area contributed by atoms with Crippen LogP contribution in [0, 0.1) is 17.6 Å². The van der Waals surface area contributed by atoms with Gasteiger partial charge in [0.15, 0.2) is 0 Å². The van der Waals surface area contributed by atoms with E-state index >= 15 is 0 Å². The van der Waals surface area contributed by atoms with Gasteiger partial charge < -0.3 is 0 Å². The van der Waals surface area contributed by atoms with Crippen molar-refractivity contribution in [2.24, 2.45) is 5.92 Å². The summed E-state index contributed by atoms with van der Waals surface area (Å²) in [6, 6.07) is 3.11. The zero-order valence-electron chi connectivity index (χ0n) is 9.08. The summed E-state index contributed by atoms with van der Waals surface area (Å²) in [7, 11) is -3.81. The normalized spacial score (nSPS) is 13.4. The highest BCUT2D eigenvalue weighted by Crippen LogP contribution is 2.20. The fourth-order valence-corrected chi connectivity index (χ4v) is 2.91. The molecule has 0 bridgehead atoms. The van der Waals surface area contributed by atoms with E-state index in [2.05, 4.69) is 0 Å². The van der Waals surface area contributed by atoms with Gasteiger partial charge in [-0.25, -0.2) is 17.2 Å². The van der Waals surface area contributed by atoms with Crippen LogP contribution in [0.15, 0.2) is 18.2 Å². The summed E-state index contributed by atoms with van der Waals surface area (Å²) in [5.74, 6) is -2.34. The molecular weight excluding hydrogens is 272 g/mol. The Morgan fingerprint density at radius 3 is 2.35 bits per heavy atom. The van der Waals surface area contributed by atoms with Crippen molar-refractivity contribution in [3.63, 3.8) is 0 Å². The number of hydrogen-bond donors (Lipinski definition) is 1. The van der Waals surface area contributed by atoms with Crippen LogP contribution in [0.4, 0.5) is 14.5 Å². The van der Waals surface area contributed by atoms with Crippen molar-refractivity contribution in [2.75, 3.05) is 16.4 Å². The highest BCUT2D eigenvalue weighted by atomic mass is 35.5. The van der Waals surface area contributed by atoms with E-state index < -0.39 is 27.3 Å². The molecule has 0 aromatic heterocycles. The molecule has 0 saturated heterocycles. The second-order valence-corrected chi connectivity index (χ2v) is 5.82. The Bertz CT molecular complexity index is 473. The van der Waals surface area contributed by atoms with Gasteiger partial charge in [0, 0.05) is 5.88 Å². The van der Waals surface area contributed by atoms with E-state index in [1.807, 2.05) is 4.72 Å². The third-order valence-corrected chi connectivity index (χ3v) is 4.04. The molecule has 1 aromatic rings. The lowest BCUT2D eigenvalue weighted by molar-refractivity contribution is 0.577. The Balaban J connectivity index is 2.91. The monoisotopic (exact) mass is 283 g/mol. The van der Waals surface area contributed by atoms with E-state index in [0.717, 1.165) is 18.2 Å². The van der Waals surface area contributed by atoms with Crippen LogP contribution in [0.2, 0.25) is 0 Å². The summed E-state index contributed by atoms with van der Waals surface area (Å²) in [6.07, 6.45) is 0. The van der Waals surface area contributed by atoms with Crippen LogP contribution >= 0.6 is 11.6 Å². The summed E-state index contributed by atoms with van der Waals surface area (Å²) in [4.78, 5) is 0. The molecule has 0 fully saturated rings. The van der Waals surface area contributed by atoms with Gasteiger partial charge >= 0.3 is 0 Å². The summed E-state index contributed by atoms with van der Waals surface area (Å²) >= 11 is 5.48. The van der Waals surface area contributed by atoms with Crippen molar-refractivity contribution in [3.05, 3.63) is 29.8 Å². The average Bonchev–Trinajstić information content (AvgIpc) is 2.23. The molecule has 96 valence electrons. The lowest BCUT2D eigenvalue weighted by atomic mass is 10.3. The van der Waals surface area contributed by atoms with Crippen LogP contribution < -0.4 is 4.72 Å². The lowest BCUT2D eigenvalue weighted by Gasteiger charge is -2.12. The quantitative estimate of drug-likeness (QED) is 0.844. The molecule has 1 aromatic carbocycles. The van der Waals surface area contributed by atoms with Gasteiger partial charge in [-0.2, -0.15) is 0 Å². The number of hydrogen-bond acceptors (Lipinski definition) is 2. The smallest absolute Gasteiger partial charge is 0.233 e. The number of sulfonamides is 1. The van der Waals surface area contributed by atoms with Gasteiger partial charge in [-0.15, -0.1) is 11.6 Å². The highest BCUT2D eigenvalue weighted by Gasteiger charge is 2.19. The van der Waals surface area contributed by atoms with E-state index in [0.29, 0.717) is 0 Å². The highest BCUT2D eigenvalue weighted by molar-refractivity contribution is 7.92. The molecule has 0 aliphatic rings. The van der Waals surface area contributed by atoms with E-state index in [4.69, 9.17) is 11.6 Å². The third kappa shape index (κ3) is 4.12. The topological polar surface area (TPSA) is 46.2 Å². The molecular formula is C10H12ClF2NO2S. The predicted molar refractivity (Wildman–Crippen MR) is 63.7 cm³/mol.